The first-order chi connectivity index (χ1) is 19.6. The number of nitrogens with one attached hydrogen (secondary N) is 1. The Labute approximate surface area is 245 Å². The Bertz CT molecular complexity index is 1700. The molecule has 4 aromatic rings. The second-order valence-corrected chi connectivity index (χ2v) is 10.5. The molecule has 0 saturated carbocycles. The van der Waals surface area contributed by atoms with Crippen molar-refractivity contribution in [1.29, 1.82) is 0 Å². The fraction of sp³-hybridized carbons (Fsp3) is 0.321. The maximum Gasteiger partial charge on any atom is 0.332 e. The number of rotatable bonds is 11. The second kappa shape index (κ2) is 13.1. The average Bonchev–Trinajstić information content (AvgIpc) is 3.33. The SMILES string of the molecule is CCOC(=O)C[C@@H](NC(=O)CSc1nc2c(c(=O)n(C)c(=O)n2C)n1Cc1ccccc1Cl)c1ccc(OC)cc1. The van der Waals surface area contributed by atoms with Crippen molar-refractivity contribution in [3.63, 3.8) is 0 Å². The van der Waals surface area contributed by atoms with Gasteiger partial charge in [-0.3, -0.25) is 23.5 Å². The molecule has 0 aliphatic carbocycles. The fourth-order valence-corrected chi connectivity index (χ4v) is 5.32. The zero-order valence-electron chi connectivity index (χ0n) is 23.0. The van der Waals surface area contributed by atoms with Crippen LogP contribution in [0, 0.1) is 0 Å². The van der Waals surface area contributed by atoms with E-state index in [4.69, 9.17) is 21.1 Å². The molecular formula is C28H30ClN5O6S. The van der Waals surface area contributed by atoms with Gasteiger partial charge in [0.1, 0.15) is 5.75 Å². The largest absolute Gasteiger partial charge is 0.497 e. The third-order valence-electron chi connectivity index (χ3n) is 6.46. The van der Waals surface area contributed by atoms with Crippen molar-refractivity contribution >= 4 is 46.4 Å². The van der Waals surface area contributed by atoms with Crippen LogP contribution >= 0.6 is 23.4 Å². The summed E-state index contributed by atoms with van der Waals surface area (Å²) in [4.78, 5) is 55.7. The van der Waals surface area contributed by atoms with Crippen molar-refractivity contribution in [2.24, 2.45) is 14.1 Å². The van der Waals surface area contributed by atoms with Gasteiger partial charge in [-0.25, -0.2) is 9.78 Å². The molecule has 0 radical (unpaired) electrons. The number of esters is 1. The van der Waals surface area contributed by atoms with Gasteiger partial charge in [-0.2, -0.15) is 0 Å². The van der Waals surface area contributed by atoms with Gasteiger partial charge in [0.25, 0.3) is 5.56 Å². The molecule has 1 atom stereocenters. The molecule has 0 aliphatic rings. The van der Waals surface area contributed by atoms with Gasteiger partial charge in [0.15, 0.2) is 16.3 Å². The van der Waals surface area contributed by atoms with Crippen LogP contribution in [0.4, 0.5) is 0 Å². The number of aromatic nitrogens is 4. The Kier molecular flexibility index (Phi) is 9.56. The summed E-state index contributed by atoms with van der Waals surface area (Å²) in [6.07, 6.45) is -0.0558. The number of halogens is 1. The number of hydrogen-bond acceptors (Lipinski definition) is 8. The lowest BCUT2D eigenvalue weighted by Gasteiger charge is -2.19. The predicted octanol–water partition coefficient (Wildman–Crippen LogP) is 3.05. The normalized spacial score (nSPS) is 11.8. The summed E-state index contributed by atoms with van der Waals surface area (Å²) in [5.74, 6) is -0.239. The summed E-state index contributed by atoms with van der Waals surface area (Å²) >= 11 is 7.51. The fourth-order valence-electron chi connectivity index (χ4n) is 4.32. The molecule has 41 heavy (non-hydrogen) atoms. The molecule has 0 saturated heterocycles. The maximum absolute atomic E-state index is 13.2. The van der Waals surface area contributed by atoms with Crippen LogP contribution in [-0.2, 0) is 35.0 Å². The van der Waals surface area contributed by atoms with Gasteiger partial charge >= 0.3 is 11.7 Å². The molecule has 0 fully saturated rings. The smallest absolute Gasteiger partial charge is 0.332 e. The van der Waals surface area contributed by atoms with Crippen LogP contribution in [0.25, 0.3) is 11.2 Å². The standard InChI is InChI=1S/C28H30ClN5O6S/c1-5-40-23(36)14-21(17-10-12-19(39-4)13-11-17)30-22(35)16-41-27-31-25-24(26(37)33(3)28(38)32(25)2)34(27)15-18-8-6-7-9-20(18)29/h6-13,21H,5,14-16H2,1-4H3,(H,30,35)/t21-/m1/s1. The summed E-state index contributed by atoms with van der Waals surface area (Å²) in [5.41, 5.74) is 0.849. The summed E-state index contributed by atoms with van der Waals surface area (Å²) in [6, 6.07) is 13.6. The van der Waals surface area contributed by atoms with Crippen LogP contribution < -0.4 is 21.3 Å². The van der Waals surface area contributed by atoms with Crippen LogP contribution in [0.1, 0.15) is 30.5 Å². The number of fused-ring (bicyclic) bond motifs is 1. The van der Waals surface area contributed by atoms with Crippen LogP contribution in [0.2, 0.25) is 5.02 Å². The summed E-state index contributed by atoms with van der Waals surface area (Å²) in [6.45, 7) is 2.14. The number of carbonyl (C=O) groups is 2. The molecule has 0 aliphatic heterocycles. The van der Waals surface area contributed by atoms with Crippen LogP contribution in [0.3, 0.4) is 0 Å². The van der Waals surface area contributed by atoms with Gasteiger partial charge in [-0.1, -0.05) is 53.7 Å². The second-order valence-electron chi connectivity index (χ2n) is 9.14. The molecule has 0 bridgehead atoms. The first-order valence-electron chi connectivity index (χ1n) is 12.8. The number of amides is 1. The van der Waals surface area contributed by atoms with Crippen molar-refractivity contribution in [1.82, 2.24) is 24.0 Å². The summed E-state index contributed by atoms with van der Waals surface area (Å²) in [7, 11) is 4.49. The van der Waals surface area contributed by atoms with Crippen LogP contribution in [-0.4, -0.2) is 50.0 Å². The van der Waals surface area contributed by atoms with Crippen molar-refractivity contribution in [2.45, 2.75) is 31.1 Å². The minimum atomic E-state index is -0.636. The third-order valence-corrected chi connectivity index (χ3v) is 7.81. The van der Waals surface area contributed by atoms with E-state index in [-0.39, 0.29) is 42.4 Å². The van der Waals surface area contributed by atoms with Crippen LogP contribution in [0.5, 0.6) is 5.75 Å². The Morgan fingerprint density at radius 2 is 1.78 bits per heavy atom. The number of nitrogens with zero attached hydrogens (tertiary/aromatic N) is 4. The molecule has 1 N–H and O–H groups in total. The topological polar surface area (TPSA) is 126 Å². The number of hydrogen-bond donors (Lipinski definition) is 1. The van der Waals surface area contributed by atoms with Gasteiger partial charge < -0.3 is 19.4 Å². The molecule has 13 heteroatoms. The highest BCUT2D eigenvalue weighted by Crippen LogP contribution is 2.26. The quantitative estimate of drug-likeness (QED) is 0.206. The highest BCUT2D eigenvalue weighted by molar-refractivity contribution is 7.99. The maximum atomic E-state index is 13.2. The van der Waals surface area contributed by atoms with E-state index in [1.807, 2.05) is 12.1 Å². The van der Waals surface area contributed by atoms with E-state index >= 15 is 0 Å². The van der Waals surface area contributed by atoms with E-state index in [1.165, 1.54) is 18.7 Å². The highest BCUT2D eigenvalue weighted by atomic mass is 35.5. The molecule has 2 heterocycles. The van der Waals surface area contributed by atoms with E-state index in [0.29, 0.717) is 21.5 Å². The number of methoxy groups -OCH3 is 1. The van der Waals surface area contributed by atoms with Crippen molar-refractivity contribution in [2.75, 3.05) is 19.5 Å². The molecule has 2 aromatic carbocycles. The summed E-state index contributed by atoms with van der Waals surface area (Å²) < 4.78 is 14.3. The molecule has 216 valence electrons. The number of ether oxygens (including phenoxy) is 2. The lowest BCUT2D eigenvalue weighted by Crippen LogP contribution is -2.37. The van der Waals surface area contributed by atoms with Gasteiger partial charge in [0.05, 0.1) is 38.5 Å². The molecular weight excluding hydrogens is 570 g/mol. The van der Waals surface area contributed by atoms with Gasteiger partial charge in [0, 0.05) is 19.1 Å². The van der Waals surface area contributed by atoms with Crippen LogP contribution in [0.15, 0.2) is 63.3 Å². The van der Waals surface area contributed by atoms with E-state index in [0.717, 1.165) is 21.9 Å². The number of aryl methyl sites for hydroxylation is 1. The Balaban J connectivity index is 1.63. The minimum absolute atomic E-state index is 0.0558. The Hall–Kier alpha value is -4.03. The van der Waals surface area contributed by atoms with Crippen molar-refractivity contribution in [3.8, 4) is 5.75 Å². The van der Waals surface area contributed by atoms with Gasteiger partial charge in [-0.15, -0.1) is 0 Å². The number of carbonyl (C=O) groups excluding carboxylic acids is 2. The van der Waals surface area contributed by atoms with Gasteiger partial charge in [0.2, 0.25) is 5.91 Å². The minimum Gasteiger partial charge on any atom is -0.497 e. The Morgan fingerprint density at radius 1 is 1.07 bits per heavy atom. The molecule has 11 nitrogen and oxygen atoms in total. The van der Waals surface area contributed by atoms with E-state index in [9.17, 15) is 19.2 Å². The van der Waals surface area contributed by atoms with Gasteiger partial charge in [-0.05, 0) is 36.2 Å². The highest BCUT2D eigenvalue weighted by Gasteiger charge is 2.23. The molecule has 4 rings (SSSR count). The van der Waals surface area contributed by atoms with E-state index in [1.54, 1.807) is 55.0 Å². The number of thioether (sulfide) groups is 1. The lowest BCUT2D eigenvalue weighted by molar-refractivity contribution is -0.143. The summed E-state index contributed by atoms with van der Waals surface area (Å²) in [5, 5.41) is 3.77. The van der Waals surface area contributed by atoms with E-state index in [2.05, 4.69) is 10.3 Å². The Morgan fingerprint density at radius 3 is 2.44 bits per heavy atom. The zero-order chi connectivity index (χ0) is 29.7. The lowest BCUT2D eigenvalue weighted by atomic mass is 10.0. The number of benzene rings is 2. The predicted molar refractivity (Wildman–Crippen MR) is 157 cm³/mol. The van der Waals surface area contributed by atoms with E-state index < -0.39 is 23.3 Å². The van der Waals surface area contributed by atoms with Crippen molar-refractivity contribution in [3.05, 3.63) is 85.5 Å². The molecule has 1 amide bonds. The zero-order valence-corrected chi connectivity index (χ0v) is 24.6. The third kappa shape index (κ3) is 6.66. The molecule has 2 aromatic heterocycles. The molecule has 0 unspecified atom stereocenters. The first kappa shape index (κ1) is 29.9. The number of imidazole rings is 1. The monoisotopic (exact) mass is 599 g/mol. The molecule has 0 spiro atoms. The first-order valence-corrected chi connectivity index (χ1v) is 14.1. The van der Waals surface area contributed by atoms with Crippen molar-refractivity contribution < 1.29 is 19.1 Å². The average molecular weight is 600 g/mol.